The Labute approximate surface area is 629 Å². The topological polar surface area (TPSA) is 237 Å². The van der Waals surface area contributed by atoms with Gasteiger partial charge in [0, 0.05) is 25.7 Å². The van der Waals surface area contributed by atoms with Gasteiger partial charge in [0.1, 0.15) is 19.3 Å². The molecule has 0 rings (SSSR count). The fourth-order valence-electron chi connectivity index (χ4n) is 9.77. The molecule has 104 heavy (non-hydrogen) atoms. The van der Waals surface area contributed by atoms with Gasteiger partial charge in [0.05, 0.1) is 26.4 Å². The number of carbonyl (C=O) groups is 4. The predicted molar refractivity (Wildman–Crippen MR) is 426 cm³/mol. The van der Waals surface area contributed by atoms with Gasteiger partial charge >= 0.3 is 39.5 Å². The van der Waals surface area contributed by atoms with Crippen LogP contribution in [0.5, 0.6) is 0 Å². The standard InChI is InChI=1S/C85H138O17P2/c1-5-9-13-17-21-25-29-33-37-39-43-46-50-54-58-62-66-70-83(88)96-76-81(102-85(90)72-68-64-60-56-52-48-44-40-38-34-30-26-22-18-14-10-6-2)78-100-104(93,94)98-74-79(86)73-97-103(91,92)99-77-80(101-84(89)71-67-63-59-55-51-47-42-36-32-28-24-20-16-12-8-4)75-95-82(87)69-65-61-57-53-49-45-41-35-31-27-23-19-15-11-7-3/h9-11,13-15,21-23,25-27,33-38,41-44,46,48,54,56,58,60,79-81,86H,5-8,12,16-20,24,28-32,39-40,45,47,49-53,55,57,59,61-78H2,1-4H3,(H,91,92)(H,93,94)/b13-9-,14-10-,15-11-,25-21-,26-22-,27-23-,37-33-,38-34-,41-35-,42-36-,46-43-,48-44-,58-54-,60-56-. The van der Waals surface area contributed by atoms with Gasteiger partial charge in [-0.2, -0.15) is 0 Å². The van der Waals surface area contributed by atoms with E-state index in [1.54, 1.807) is 0 Å². The summed E-state index contributed by atoms with van der Waals surface area (Å²) in [6.07, 6.45) is 89.2. The number of hydrogen-bond acceptors (Lipinski definition) is 15. The van der Waals surface area contributed by atoms with Crippen molar-refractivity contribution >= 4 is 39.5 Å². The molecular weight excluding hydrogens is 1350 g/mol. The summed E-state index contributed by atoms with van der Waals surface area (Å²) in [5.41, 5.74) is 0. The van der Waals surface area contributed by atoms with Crippen molar-refractivity contribution in [3.8, 4) is 0 Å². The zero-order valence-electron chi connectivity index (χ0n) is 64.4. The largest absolute Gasteiger partial charge is 0.472 e. The number of phosphoric ester groups is 2. The maximum Gasteiger partial charge on any atom is 0.472 e. The second kappa shape index (κ2) is 75.6. The number of carbonyl (C=O) groups excluding carboxylic acids is 4. The maximum absolute atomic E-state index is 13.1. The first kappa shape index (κ1) is 98.4. The molecule has 0 bridgehead atoms. The summed E-state index contributed by atoms with van der Waals surface area (Å²) in [7, 11) is -10.0. The van der Waals surface area contributed by atoms with Crippen LogP contribution in [0.4, 0.5) is 0 Å². The summed E-state index contributed by atoms with van der Waals surface area (Å²) >= 11 is 0. The van der Waals surface area contributed by atoms with Gasteiger partial charge in [-0.1, -0.05) is 268 Å². The Morgan fingerprint density at radius 3 is 0.827 bits per heavy atom. The predicted octanol–water partition coefficient (Wildman–Crippen LogP) is 23.0. The van der Waals surface area contributed by atoms with Gasteiger partial charge < -0.3 is 33.8 Å². The number of allylic oxidation sites excluding steroid dienone is 28. The van der Waals surface area contributed by atoms with Crippen molar-refractivity contribution in [1.29, 1.82) is 0 Å². The minimum absolute atomic E-state index is 0.00237. The van der Waals surface area contributed by atoms with Crippen LogP contribution in [0.25, 0.3) is 0 Å². The summed E-state index contributed by atoms with van der Waals surface area (Å²) in [4.78, 5) is 73.0. The van der Waals surface area contributed by atoms with E-state index in [9.17, 15) is 43.2 Å². The van der Waals surface area contributed by atoms with E-state index in [-0.39, 0.29) is 25.7 Å². The Bertz CT molecular complexity index is 2640. The Morgan fingerprint density at radius 2 is 0.510 bits per heavy atom. The smallest absolute Gasteiger partial charge is 0.462 e. The molecule has 0 saturated heterocycles. The van der Waals surface area contributed by atoms with Crippen molar-refractivity contribution in [1.82, 2.24) is 0 Å². The van der Waals surface area contributed by atoms with Gasteiger partial charge in [0.25, 0.3) is 0 Å². The lowest BCUT2D eigenvalue weighted by Gasteiger charge is -2.21. The van der Waals surface area contributed by atoms with Crippen molar-refractivity contribution < 1.29 is 80.2 Å². The summed E-state index contributed by atoms with van der Waals surface area (Å²) in [6, 6.07) is 0. The molecule has 0 aliphatic carbocycles. The molecule has 0 aliphatic heterocycles. The number of unbranched alkanes of at least 4 members (excludes halogenated alkanes) is 18. The summed E-state index contributed by atoms with van der Waals surface area (Å²) in [5, 5.41) is 10.6. The number of aliphatic hydroxyl groups excluding tert-OH is 1. The Kier molecular flexibility index (Phi) is 71.6. The monoisotopic (exact) mass is 1490 g/mol. The molecule has 0 aromatic rings. The minimum atomic E-state index is -5.01. The van der Waals surface area contributed by atoms with Crippen LogP contribution in [-0.2, 0) is 65.4 Å². The zero-order chi connectivity index (χ0) is 76.0. The number of ether oxygens (including phenoxy) is 4. The number of phosphoric acid groups is 2. The molecule has 3 N–H and O–H groups in total. The average molecular weight is 1490 g/mol. The zero-order valence-corrected chi connectivity index (χ0v) is 66.2. The summed E-state index contributed by atoms with van der Waals surface area (Å²) in [6.45, 7) is 4.35. The lowest BCUT2D eigenvalue weighted by Crippen LogP contribution is -2.30. The number of aliphatic hydroxyl groups is 1. The Balaban J connectivity index is 5.51. The maximum atomic E-state index is 13.1. The molecule has 590 valence electrons. The molecule has 0 heterocycles. The van der Waals surface area contributed by atoms with Gasteiger partial charge in [-0.25, -0.2) is 9.13 Å². The fraction of sp³-hybridized carbons (Fsp3) is 0.624. The molecule has 5 atom stereocenters. The highest BCUT2D eigenvalue weighted by molar-refractivity contribution is 7.47. The van der Waals surface area contributed by atoms with Crippen LogP contribution in [0.2, 0.25) is 0 Å². The third kappa shape index (κ3) is 74.7. The molecule has 0 fully saturated rings. The molecule has 0 aromatic heterocycles. The van der Waals surface area contributed by atoms with Crippen molar-refractivity contribution in [2.75, 3.05) is 39.6 Å². The second-order valence-electron chi connectivity index (χ2n) is 25.5. The van der Waals surface area contributed by atoms with Crippen molar-refractivity contribution in [3.05, 3.63) is 170 Å². The van der Waals surface area contributed by atoms with E-state index >= 15 is 0 Å². The van der Waals surface area contributed by atoms with E-state index in [0.717, 1.165) is 154 Å². The van der Waals surface area contributed by atoms with Crippen LogP contribution in [-0.4, -0.2) is 96.7 Å². The van der Waals surface area contributed by atoms with Gasteiger partial charge in [-0.3, -0.25) is 37.3 Å². The molecular formula is C85H138O17P2. The third-order valence-electron chi connectivity index (χ3n) is 15.7. The first-order valence-electron chi connectivity index (χ1n) is 39.4. The highest BCUT2D eigenvalue weighted by Gasteiger charge is 2.30. The Hall–Kier alpha value is -5.58. The quantitative estimate of drug-likeness (QED) is 0.0169. The van der Waals surface area contributed by atoms with Gasteiger partial charge in [-0.05, 0) is 161 Å². The van der Waals surface area contributed by atoms with Crippen LogP contribution in [0.15, 0.2) is 170 Å². The van der Waals surface area contributed by atoms with Crippen molar-refractivity contribution in [2.45, 2.75) is 303 Å². The molecule has 0 amide bonds. The van der Waals surface area contributed by atoms with E-state index in [1.165, 1.54) is 38.5 Å². The van der Waals surface area contributed by atoms with Gasteiger partial charge in [0.2, 0.25) is 0 Å². The summed E-state index contributed by atoms with van der Waals surface area (Å²) < 4.78 is 68.4. The van der Waals surface area contributed by atoms with E-state index < -0.39 is 97.5 Å². The van der Waals surface area contributed by atoms with Gasteiger partial charge in [0.15, 0.2) is 12.2 Å². The number of hydrogen-bond donors (Lipinski definition) is 3. The second-order valence-corrected chi connectivity index (χ2v) is 28.4. The lowest BCUT2D eigenvalue weighted by molar-refractivity contribution is -0.161. The molecule has 19 heteroatoms. The SMILES string of the molecule is CC/C=C\C/C=C\C/C=C\C/C=C\C/C=C\CCCC(=O)OCC(COP(=O)(O)OCC(O)COP(=O)(O)OCC(COC(=O)CCCCCCC/C=C\C/C=C\C/C=C\CC)OC(=O)CCCCCCC/C=C\CCCCCCCC)OC(=O)CCC/C=C\C/C=C\C/C=C\C/C=C\C/C=C\CC. The first-order valence-corrected chi connectivity index (χ1v) is 42.4. The molecule has 0 saturated carbocycles. The van der Waals surface area contributed by atoms with Crippen LogP contribution in [0, 0.1) is 0 Å². The molecule has 0 radical (unpaired) electrons. The van der Waals surface area contributed by atoms with E-state index in [1.807, 2.05) is 24.3 Å². The molecule has 5 unspecified atom stereocenters. The third-order valence-corrected chi connectivity index (χ3v) is 17.6. The van der Waals surface area contributed by atoms with Crippen molar-refractivity contribution in [3.63, 3.8) is 0 Å². The highest BCUT2D eigenvalue weighted by atomic mass is 31.2. The lowest BCUT2D eigenvalue weighted by atomic mass is 10.1. The molecule has 17 nitrogen and oxygen atoms in total. The molecule has 0 aliphatic rings. The summed E-state index contributed by atoms with van der Waals surface area (Å²) in [5.74, 6) is -2.35. The molecule has 0 aromatic carbocycles. The van der Waals surface area contributed by atoms with E-state index in [0.29, 0.717) is 38.5 Å². The number of rotatable bonds is 72. The minimum Gasteiger partial charge on any atom is -0.462 e. The van der Waals surface area contributed by atoms with Crippen LogP contribution >= 0.6 is 15.6 Å². The first-order chi connectivity index (χ1) is 50.7. The van der Waals surface area contributed by atoms with Gasteiger partial charge in [-0.15, -0.1) is 0 Å². The van der Waals surface area contributed by atoms with E-state index in [4.69, 9.17) is 37.0 Å². The fourth-order valence-corrected chi connectivity index (χ4v) is 11.3. The normalized spacial score (nSPS) is 14.8. The number of esters is 4. The van der Waals surface area contributed by atoms with Crippen molar-refractivity contribution in [2.24, 2.45) is 0 Å². The average Bonchev–Trinajstić information content (AvgIpc) is 0.926. The van der Waals surface area contributed by atoms with Crippen LogP contribution in [0.1, 0.15) is 285 Å². The molecule has 0 spiro atoms. The Morgan fingerprint density at radius 1 is 0.279 bits per heavy atom. The highest BCUT2D eigenvalue weighted by Crippen LogP contribution is 2.45. The van der Waals surface area contributed by atoms with Crippen LogP contribution in [0.3, 0.4) is 0 Å². The van der Waals surface area contributed by atoms with Crippen LogP contribution < -0.4 is 0 Å². The van der Waals surface area contributed by atoms with E-state index in [2.05, 4.69) is 174 Å².